The molecule has 0 saturated heterocycles. The van der Waals surface area contributed by atoms with Gasteiger partial charge in [0.05, 0.1) is 0 Å². The quantitative estimate of drug-likeness (QED) is 0.788. The number of carbonyl (C=O) groups excluding carboxylic acids is 1. The first kappa shape index (κ1) is 11.2. The normalized spacial score (nSPS) is 40.2. The van der Waals surface area contributed by atoms with Crippen LogP contribution in [-0.2, 0) is 16.6 Å². The van der Waals surface area contributed by atoms with Gasteiger partial charge in [-0.05, 0) is 49.1 Å². The SMILES string of the molecule is O=C1CCC2C3CCCC24c2c(ccc(O)c2OC14)C3. The van der Waals surface area contributed by atoms with Crippen LogP contribution in [0.2, 0.25) is 0 Å². The first-order chi connectivity index (χ1) is 9.72. The largest absolute Gasteiger partial charge is 0.504 e. The first-order valence-electron chi connectivity index (χ1n) is 7.76. The third-order valence-corrected chi connectivity index (χ3v) is 6.26. The van der Waals surface area contributed by atoms with E-state index in [-0.39, 0.29) is 23.1 Å². The van der Waals surface area contributed by atoms with Crippen LogP contribution in [0.1, 0.15) is 43.2 Å². The summed E-state index contributed by atoms with van der Waals surface area (Å²) in [6, 6.07) is 3.79. The van der Waals surface area contributed by atoms with Crippen molar-refractivity contribution in [1.82, 2.24) is 0 Å². The predicted octanol–water partition coefficient (Wildman–Crippen LogP) is 2.73. The molecule has 2 bridgehead atoms. The van der Waals surface area contributed by atoms with E-state index in [0.29, 0.717) is 24.0 Å². The van der Waals surface area contributed by atoms with Gasteiger partial charge in [-0.15, -0.1) is 0 Å². The lowest BCUT2D eigenvalue weighted by atomic mass is 9.48. The summed E-state index contributed by atoms with van der Waals surface area (Å²) in [7, 11) is 0. The number of hydrogen-bond donors (Lipinski definition) is 1. The van der Waals surface area contributed by atoms with E-state index in [9.17, 15) is 9.90 Å². The van der Waals surface area contributed by atoms with Gasteiger partial charge in [0.15, 0.2) is 23.4 Å². The second-order valence-corrected chi connectivity index (χ2v) is 6.95. The molecule has 104 valence electrons. The van der Waals surface area contributed by atoms with Gasteiger partial charge < -0.3 is 9.84 Å². The zero-order chi connectivity index (χ0) is 13.5. The smallest absolute Gasteiger partial charge is 0.174 e. The van der Waals surface area contributed by atoms with Crippen molar-refractivity contribution in [3.05, 3.63) is 23.3 Å². The van der Waals surface area contributed by atoms with Crippen LogP contribution in [0.25, 0.3) is 0 Å². The maximum Gasteiger partial charge on any atom is 0.174 e. The Balaban J connectivity index is 1.85. The van der Waals surface area contributed by atoms with Crippen molar-refractivity contribution in [2.75, 3.05) is 0 Å². The van der Waals surface area contributed by atoms with Crippen molar-refractivity contribution in [2.45, 2.75) is 50.0 Å². The van der Waals surface area contributed by atoms with Crippen molar-refractivity contribution < 1.29 is 14.6 Å². The number of ether oxygens (including phenoxy) is 1. The van der Waals surface area contributed by atoms with E-state index in [1.165, 1.54) is 24.0 Å². The van der Waals surface area contributed by atoms with Crippen LogP contribution in [0.15, 0.2) is 12.1 Å². The van der Waals surface area contributed by atoms with Gasteiger partial charge in [0.25, 0.3) is 0 Å². The molecule has 1 aromatic carbocycles. The van der Waals surface area contributed by atoms with Crippen LogP contribution in [-0.4, -0.2) is 17.0 Å². The Bertz CT molecular complexity index is 635. The van der Waals surface area contributed by atoms with Crippen molar-refractivity contribution in [3.63, 3.8) is 0 Å². The van der Waals surface area contributed by atoms with E-state index in [2.05, 4.69) is 6.07 Å². The van der Waals surface area contributed by atoms with Gasteiger partial charge in [0.1, 0.15) is 0 Å². The Labute approximate surface area is 117 Å². The molecule has 3 nitrogen and oxygen atoms in total. The summed E-state index contributed by atoms with van der Waals surface area (Å²) in [4.78, 5) is 12.4. The van der Waals surface area contributed by atoms with Crippen LogP contribution >= 0.6 is 0 Å². The van der Waals surface area contributed by atoms with Gasteiger partial charge in [-0.25, -0.2) is 0 Å². The number of aromatic hydroxyl groups is 1. The van der Waals surface area contributed by atoms with E-state index in [1.54, 1.807) is 6.07 Å². The summed E-state index contributed by atoms with van der Waals surface area (Å²) >= 11 is 0. The lowest BCUT2D eigenvalue weighted by molar-refractivity contribution is -0.136. The van der Waals surface area contributed by atoms with E-state index >= 15 is 0 Å². The molecule has 4 atom stereocenters. The molecule has 5 rings (SSSR count). The molecule has 1 aromatic rings. The fraction of sp³-hybridized carbons (Fsp3) is 0.588. The summed E-state index contributed by atoms with van der Waals surface area (Å²) in [6.45, 7) is 0. The highest BCUT2D eigenvalue weighted by Crippen LogP contribution is 2.65. The second-order valence-electron chi connectivity index (χ2n) is 6.95. The maximum absolute atomic E-state index is 12.4. The Morgan fingerprint density at radius 1 is 1.30 bits per heavy atom. The maximum atomic E-state index is 12.4. The van der Waals surface area contributed by atoms with Crippen molar-refractivity contribution in [2.24, 2.45) is 11.8 Å². The van der Waals surface area contributed by atoms with E-state index < -0.39 is 0 Å². The predicted molar refractivity (Wildman–Crippen MR) is 73.0 cm³/mol. The molecule has 0 aromatic heterocycles. The standard InChI is InChI=1S/C17H18O3/c18-12-5-3-10-8-9-2-1-7-17-11(9)4-6-13(19)16(17)20-15(12)14(10)17/h3,5,9,11,16,18H,1-2,4,6-8H2. The minimum Gasteiger partial charge on any atom is -0.504 e. The van der Waals surface area contributed by atoms with E-state index in [1.807, 2.05) is 0 Å². The van der Waals surface area contributed by atoms with Crippen LogP contribution < -0.4 is 4.74 Å². The van der Waals surface area contributed by atoms with Gasteiger partial charge in [-0.1, -0.05) is 12.5 Å². The molecule has 3 aliphatic carbocycles. The number of Topliss-reactive ketones (excluding diaryl/α,β-unsaturated/α-hetero) is 1. The summed E-state index contributed by atoms with van der Waals surface area (Å²) in [5.41, 5.74) is 2.40. The molecule has 4 unspecified atom stereocenters. The molecule has 0 amide bonds. The number of rotatable bonds is 0. The van der Waals surface area contributed by atoms with Crippen molar-refractivity contribution in [3.8, 4) is 11.5 Å². The second kappa shape index (κ2) is 3.38. The molecule has 3 heteroatoms. The van der Waals surface area contributed by atoms with Crippen LogP contribution in [0.4, 0.5) is 0 Å². The zero-order valence-electron chi connectivity index (χ0n) is 11.4. The Kier molecular flexibility index (Phi) is 1.89. The summed E-state index contributed by atoms with van der Waals surface area (Å²) in [5.74, 6) is 2.35. The van der Waals surface area contributed by atoms with Gasteiger partial charge >= 0.3 is 0 Å². The number of hydrogen-bond acceptors (Lipinski definition) is 3. The van der Waals surface area contributed by atoms with Gasteiger partial charge in [0.2, 0.25) is 0 Å². The Morgan fingerprint density at radius 3 is 3.10 bits per heavy atom. The average molecular weight is 270 g/mol. The molecule has 4 aliphatic rings. The summed E-state index contributed by atoms with van der Waals surface area (Å²) < 4.78 is 6.02. The molecular weight excluding hydrogens is 252 g/mol. The van der Waals surface area contributed by atoms with Gasteiger partial charge in [-0.3, -0.25) is 4.79 Å². The average Bonchev–Trinajstić information content (AvgIpc) is 2.78. The Hall–Kier alpha value is -1.51. The molecule has 20 heavy (non-hydrogen) atoms. The summed E-state index contributed by atoms with van der Waals surface area (Å²) in [5, 5.41) is 10.2. The first-order valence-corrected chi connectivity index (χ1v) is 7.76. The zero-order valence-corrected chi connectivity index (χ0v) is 11.4. The van der Waals surface area contributed by atoms with E-state index in [4.69, 9.17) is 4.74 Å². The van der Waals surface area contributed by atoms with Crippen LogP contribution in [0, 0.1) is 11.8 Å². The number of carbonyl (C=O) groups is 1. The number of phenolic OH excluding ortho intramolecular Hbond substituents is 1. The van der Waals surface area contributed by atoms with Crippen LogP contribution in [0.3, 0.4) is 0 Å². The molecule has 1 spiro atoms. The fourth-order valence-electron chi connectivity index (χ4n) is 5.67. The lowest BCUT2D eigenvalue weighted by Crippen LogP contribution is -2.58. The lowest BCUT2D eigenvalue weighted by Gasteiger charge is -2.54. The highest BCUT2D eigenvalue weighted by atomic mass is 16.5. The molecule has 1 aliphatic heterocycles. The van der Waals surface area contributed by atoms with Gasteiger partial charge in [0, 0.05) is 17.4 Å². The topological polar surface area (TPSA) is 46.5 Å². The fourth-order valence-corrected chi connectivity index (χ4v) is 5.67. The van der Waals surface area contributed by atoms with Gasteiger partial charge in [-0.2, -0.15) is 0 Å². The number of ketones is 1. The minimum absolute atomic E-state index is 0.111. The third kappa shape index (κ3) is 1.05. The molecule has 2 saturated carbocycles. The molecule has 1 N–H and O–H groups in total. The molecular formula is C17H18O3. The number of benzene rings is 1. The monoisotopic (exact) mass is 270 g/mol. The highest BCUT2D eigenvalue weighted by molar-refractivity contribution is 5.89. The summed E-state index contributed by atoms with van der Waals surface area (Å²) in [6.07, 6.45) is 5.95. The molecule has 0 radical (unpaired) electrons. The molecule has 2 fully saturated rings. The minimum atomic E-state index is -0.327. The third-order valence-electron chi connectivity index (χ3n) is 6.26. The number of phenols is 1. The van der Waals surface area contributed by atoms with Crippen molar-refractivity contribution in [1.29, 1.82) is 0 Å². The van der Waals surface area contributed by atoms with Crippen LogP contribution in [0.5, 0.6) is 11.5 Å². The van der Waals surface area contributed by atoms with E-state index in [0.717, 1.165) is 19.3 Å². The molecule has 1 heterocycles. The highest BCUT2D eigenvalue weighted by Gasteiger charge is 2.64. The Morgan fingerprint density at radius 2 is 2.20 bits per heavy atom. The van der Waals surface area contributed by atoms with Crippen molar-refractivity contribution >= 4 is 5.78 Å².